The first-order valence-corrected chi connectivity index (χ1v) is 34.2. The molecule has 37 nitrogen and oxygen atoms in total. The summed E-state index contributed by atoms with van der Waals surface area (Å²) in [5, 5.41) is 51.0. The van der Waals surface area contributed by atoms with Crippen LogP contribution in [0.5, 0.6) is 0 Å². The maximum atomic E-state index is 14.9. The van der Waals surface area contributed by atoms with Crippen molar-refractivity contribution in [2.45, 2.75) is 140 Å². The number of aliphatic imine (C=N–C) groups is 1. The number of hydrogen-bond donors (Lipinski definition) is 16. The van der Waals surface area contributed by atoms with Crippen LogP contribution in [-0.4, -0.2) is 272 Å². The average Bonchev–Trinajstić information content (AvgIpc) is 1.31. The van der Waals surface area contributed by atoms with Gasteiger partial charge in [0.15, 0.2) is 5.96 Å². The second kappa shape index (κ2) is 42.8. The number of hydrogen-bond acceptors (Lipinski definition) is 17. The fraction of sp³-hybridized carbons (Fsp3) is 0.522. The summed E-state index contributed by atoms with van der Waals surface area (Å²) in [7, 11) is 1.40. The molecule has 0 radical (unpaired) electrons. The summed E-state index contributed by atoms with van der Waals surface area (Å²) in [5.41, 5.74) is 19.0. The summed E-state index contributed by atoms with van der Waals surface area (Å²) in [6.07, 6.45) is 1.94. The number of rotatable bonds is 38. The number of carboxylic acid groups (broad SMARTS) is 3. The van der Waals surface area contributed by atoms with Crippen LogP contribution >= 0.6 is 0 Å². The number of aromatic amines is 2. The zero-order chi connectivity index (χ0) is 76.4. The van der Waals surface area contributed by atoms with E-state index in [0.29, 0.717) is 47.0 Å². The standard InChI is InChI=1S/C67H98N20O17/c1-5-6-21-54(83(4)41(2)88)64(100)82-53(35-57(92)93)63(99)81-52(34-45-37-71-40-76-45)62(98)79-50(32-43-15-8-7-9-16-43)61(97)78-49(20-14-23-73-65(69)70)60(96)80-51(33-44-36-74-47-18-11-10-17-46(44)47)59(95)75-38-55(90)77-48(58(68)94)19-12-13-22-72-56(91)39-84-24-26-85(42(3)89)28-29-87(67(103)104)31-30-86(27-25-84)66(101)102/h7-11,15-18,36-37,40,48-54,74H,5-6,12-14,19-35,38-39H2,1-4H3,(H2,68,94)(H,71,76)(H,72,91)(H,75,95)(H,77,90)(H,78,97)(H,79,98)(H,80,96)(H,81,99)(H,82,100)(H,92,93)(H,101,102)(H,103,104)(H4,69,70,73)/t48-,49-,50+,51-,52-,53-,54-/m0/s1. The molecule has 13 amide bonds. The highest BCUT2D eigenvalue weighted by molar-refractivity contribution is 5.99. The maximum Gasteiger partial charge on any atom is 0.407 e. The largest absolute Gasteiger partial charge is 0.481 e. The number of nitrogens with two attached hydrogens (primary N) is 3. The number of primary amides is 1. The fourth-order valence-electron chi connectivity index (χ4n) is 11.3. The molecule has 3 heterocycles. The Bertz CT molecular complexity index is 3580. The van der Waals surface area contributed by atoms with Crippen molar-refractivity contribution in [3.63, 3.8) is 0 Å². The Morgan fingerprint density at radius 1 is 0.577 bits per heavy atom. The molecule has 1 aliphatic heterocycles. The second-order valence-corrected chi connectivity index (χ2v) is 25.1. The minimum Gasteiger partial charge on any atom is -0.481 e. The lowest BCUT2D eigenvalue weighted by Gasteiger charge is -2.32. The first kappa shape index (κ1) is 83.3. The molecule has 0 spiro atoms. The van der Waals surface area contributed by atoms with Crippen LogP contribution in [0.15, 0.2) is 78.3 Å². The monoisotopic (exact) mass is 1450 g/mol. The van der Waals surface area contributed by atoms with E-state index in [9.17, 15) is 82.4 Å². The third kappa shape index (κ3) is 28.6. The van der Waals surface area contributed by atoms with Gasteiger partial charge in [-0.25, -0.2) is 14.6 Å². The number of amides is 13. The Labute approximate surface area is 600 Å². The Hall–Kier alpha value is -11.4. The average molecular weight is 1460 g/mol. The molecule has 568 valence electrons. The van der Waals surface area contributed by atoms with Gasteiger partial charge in [0.2, 0.25) is 65.0 Å². The summed E-state index contributed by atoms with van der Waals surface area (Å²) < 4.78 is 0. The van der Waals surface area contributed by atoms with Gasteiger partial charge in [0.05, 0.1) is 25.8 Å². The van der Waals surface area contributed by atoms with Crippen LogP contribution in [-0.2, 0) is 76.8 Å². The van der Waals surface area contributed by atoms with Crippen LogP contribution in [0.2, 0.25) is 0 Å². The number of aliphatic carboxylic acids is 1. The minimum absolute atomic E-state index is 0.00855. The van der Waals surface area contributed by atoms with Crippen LogP contribution in [0.25, 0.3) is 10.9 Å². The lowest BCUT2D eigenvalue weighted by molar-refractivity contribution is -0.143. The number of nitrogens with one attached hydrogen (secondary N) is 10. The van der Waals surface area contributed by atoms with E-state index in [1.807, 2.05) is 6.92 Å². The summed E-state index contributed by atoms with van der Waals surface area (Å²) in [4.78, 5) is 208. The van der Waals surface area contributed by atoms with Crippen molar-refractivity contribution in [1.29, 1.82) is 0 Å². The van der Waals surface area contributed by atoms with E-state index in [-0.39, 0.29) is 135 Å². The summed E-state index contributed by atoms with van der Waals surface area (Å²) >= 11 is 0. The van der Waals surface area contributed by atoms with E-state index in [0.717, 1.165) is 9.80 Å². The Balaban J connectivity index is 1.31. The molecule has 0 unspecified atom stereocenters. The predicted molar refractivity (Wildman–Crippen MR) is 377 cm³/mol. The zero-order valence-corrected chi connectivity index (χ0v) is 58.9. The number of aromatic nitrogens is 3. The Morgan fingerprint density at radius 3 is 1.72 bits per heavy atom. The third-order valence-electron chi connectivity index (χ3n) is 17.3. The highest BCUT2D eigenvalue weighted by atomic mass is 16.4. The number of carbonyl (C=O) groups is 14. The molecule has 7 atom stereocenters. The molecule has 37 heteroatoms. The molecular formula is C67H98N20O17. The van der Waals surface area contributed by atoms with Crippen molar-refractivity contribution in [2.75, 3.05) is 85.6 Å². The van der Waals surface area contributed by atoms with Gasteiger partial charge in [-0.15, -0.1) is 0 Å². The van der Waals surface area contributed by atoms with E-state index in [1.54, 1.807) is 65.7 Å². The van der Waals surface area contributed by atoms with Gasteiger partial charge >= 0.3 is 18.2 Å². The molecule has 4 aromatic rings. The van der Waals surface area contributed by atoms with Gasteiger partial charge in [0.25, 0.3) is 0 Å². The number of carbonyl (C=O) groups excluding carboxylic acids is 11. The molecule has 1 aliphatic rings. The normalized spacial score (nSPS) is 14.9. The Morgan fingerprint density at radius 2 is 1.13 bits per heavy atom. The zero-order valence-electron chi connectivity index (χ0n) is 58.9. The van der Waals surface area contributed by atoms with Crippen LogP contribution in [0.3, 0.4) is 0 Å². The van der Waals surface area contributed by atoms with Crippen LogP contribution in [0.4, 0.5) is 9.59 Å². The smallest absolute Gasteiger partial charge is 0.407 e. The minimum atomic E-state index is -1.77. The lowest BCUT2D eigenvalue weighted by atomic mass is 10.0. The molecule has 0 saturated carbocycles. The number of carboxylic acids is 1. The molecule has 5 rings (SSSR count). The van der Waals surface area contributed by atoms with Gasteiger partial charge in [-0.05, 0) is 55.7 Å². The van der Waals surface area contributed by atoms with Gasteiger partial charge in [-0.3, -0.25) is 67.4 Å². The van der Waals surface area contributed by atoms with Crippen LogP contribution < -0.4 is 59.7 Å². The van der Waals surface area contributed by atoms with Crippen molar-refractivity contribution in [2.24, 2.45) is 22.2 Å². The van der Waals surface area contributed by atoms with E-state index in [2.05, 4.69) is 62.5 Å². The van der Waals surface area contributed by atoms with E-state index in [4.69, 9.17) is 17.2 Å². The summed E-state index contributed by atoms with van der Waals surface area (Å²) in [5.74, 6) is -10.3. The van der Waals surface area contributed by atoms with E-state index < -0.39 is 132 Å². The SMILES string of the molecule is CCCC[C@@H](C(=O)N[C@@H](CC(=O)O)C(=O)N[C@@H](Cc1cnc[nH]1)C(=O)N[C@H](Cc1ccccc1)C(=O)N[C@@H](CCCN=C(N)N)C(=O)N[C@@H](Cc1c[nH]c2ccccc12)C(=O)NCC(=O)N[C@@H](CCCCNC(=O)CN1CCN(C(C)=O)CCN(C(=O)O)CCN(C(=O)O)CC1)C(N)=O)N(C)C(C)=O. The number of benzene rings is 2. The number of fused-ring (bicyclic) bond motifs is 1. The summed E-state index contributed by atoms with van der Waals surface area (Å²) in [6.45, 7) is 3.71. The van der Waals surface area contributed by atoms with Crippen molar-refractivity contribution in [3.8, 4) is 0 Å². The first-order valence-electron chi connectivity index (χ1n) is 34.2. The van der Waals surface area contributed by atoms with Gasteiger partial charge in [-0.1, -0.05) is 68.3 Å². The molecular weight excluding hydrogens is 1360 g/mol. The molecule has 0 bridgehead atoms. The molecule has 1 fully saturated rings. The quantitative estimate of drug-likeness (QED) is 0.0124. The van der Waals surface area contributed by atoms with Crippen molar-refractivity contribution in [1.82, 2.24) is 82.0 Å². The number of imidazole rings is 1. The fourth-order valence-corrected chi connectivity index (χ4v) is 11.3. The molecule has 2 aromatic carbocycles. The van der Waals surface area contributed by atoms with Gasteiger partial charge in [0.1, 0.15) is 42.3 Å². The highest BCUT2D eigenvalue weighted by Gasteiger charge is 2.36. The highest BCUT2D eigenvalue weighted by Crippen LogP contribution is 2.20. The van der Waals surface area contributed by atoms with Crippen molar-refractivity contribution >= 4 is 100.0 Å². The number of para-hydroxylation sites is 1. The molecule has 104 heavy (non-hydrogen) atoms. The third-order valence-corrected chi connectivity index (χ3v) is 17.3. The molecule has 19 N–H and O–H groups in total. The van der Waals surface area contributed by atoms with Gasteiger partial charge in [-0.2, -0.15) is 0 Å². The lowest BCUT2D eigenvalue weighted by Crippen LogP contribution is -2.60. The van der Waals surface area contributed by atoms with E-state index in [1.165, 1.54) is 43.2 Å². The van der Waals surface area contributed by atoms with E-state index >= 15 is 0 Å². The second-order valence-electron chi connectivity index (χ2n) is 25.1. The first-order chi connectivity index (χ1) is 49.5. The predicted octanol–water partition coefficient (Wildman–Crippen LogP) is -2.59. The van der Waals surface area contributed by atoms with Gasteiger partial charge in [0, 0.05) is 135 Å². The number of guanidine groups is 1. The number of nitrogens with zero attached hydrogens (tertiary/aromatic N) is 7. The maximum absolute atomic E-state index is 14.9. The topological polar surface area (TPSA) is 547 Å². The van der Waals surface area contributed by atoms with Gasteiger partial charge < -0.3 is 105 Å². The molecule has 1 saturated heterocycles. The number of unbranched alkanes of at least 4 members (excludes halogenated alkanes) is 2. The van der Waals surface area contributed by atoms with Crippen molar-refractivity contribution < 1.29 is 82.4 Å². The number of likely N-dealkylation sites (N-methyl/N-ethyl adjacent to an activating group) is 1. The van der Waals surface area contributed by atoms with Crippen LogP contribution in [0, 0.1) is 0 Å². The van der Waals surface area contributed by atoms with Crippen LogP contribution in [0.1, 0.15) is 95.4 Å². The Kier molecular flexibility index (Phi) is 34.2. The molecule has 0 aliphatic carbocycles. The number of H-pyrrole nitrogens is 2. The molecule has 2 aromatic heterocycles. The summed E-state index contributed by atoms with van der Waals surface area (Å²) in [6, 6.07) is 5.34. The van der Waals surface area contributed by atoms with Crippen molar-refractivity contribution in [3.05, 3.63) is 90.1 Å².